The van der Waals surface area contributed by atoms with Gasteiger partial charge >= 0.3 is 33.6 Å². The summed E-state index contributed by atoms with van der Waals surface area (Å²) in [6.45, 7) is 2.41. The molecule has 0 aliphatic rings. The summed E-state index contributed by atoms with van der Waals surface area (Å²) < 4.78 is 61.2. The molecule has 0 saturated heterocycles. The molecular weight excluding hydrogens is 1340 g/mol. The number of esters is 3. The molecule has 0 amide bonds. The summed E-state index contributed by atoms with van der Waals surface area (Å²) in [7, 11) is -9.81. The van der Waals surface area contributed by atoms with Crippen LogP contribution in [0.1, 0.15) is 316 Å². The van der Waals surface area contributed by atoms with Crippen LogP contribution >= 0.6 is 15.6 Å². The number of rotatable bonds is 75. The molecule has 5 unspecified atom stereocenters. The van der Waals surface area contributed by atoms with E-state index < -0.39 is 91.5 Å². The van der Waals surface area contributed by atoms with Crippen LogP contribution in [-0.2, 0) is 55.8 Å². The van der Waals surface area contributed by atoms with Crippen molar-refractivity contribution in [1.29, 1.82) is 0 Å². The van der Waals surface area contributed by atoms with Crippen molar-refractivity contribution in [1.82, 2.24) is 0 Å². The fourth-order valence-corrected chi connectivity index (χ4v) is 12.1. The molecule has 0 spiro atoms. The fourth-order valence-electron chi connectivity index (χ4n) is 10.5. The van der Waals surface area contributed by atoms with Crippen LogP contribution < -0.4 is 0 Å². The summed E-state index contributed by atoms with van der Waals surface area (Å²) in [5, 5.41) is 20.7. The van der Waals surface area contributed by atoms with Gasteiger partial charge in [-0.2, -0.15) is 0 Å². The molecule has 0 aromatic carbocycles. The number of carbonyl (C=O) groups excluding carboxylic acids is 3. The molecule has 5 atom stereocenters. The van der Waals surface area contributed by atoms with Gasteiger partial charge < -0.3 is 34.2 Å². The van der Waals surface area contributed by atoms with Gasteiger partial charge in [0.2, 0.25) is 0 Å². The molecular formula is C85H144O16P2. The van der Waals surface area contributed by atoms with Crippen molar-refractivity contribution in [3.05, 3.63) is 146 Å². The molecule has 0 heterocycles. The van der Waals surface area contributed by atoms with Crippen LogP contribution in [0.25, 0.3) is 0 Å². The Morgan fingerprint density at radius 3 is 0.816 bits per heavy atom. The maximum atomic E-state index is 13.0. The van der Waals surface area contributed by atoms with E-state index in [-0.39, 0.29) is 19.3 Å². The van der Waals surface area contributed by atoms with Crippen molar-refractivity contribution in [3.8, 4) is 0 Å². The first-order valence-electron chi connectivity index (χ1n) is 40.1. The maximum Gasteiger partial charge on any atom is 0.472 e. The molecule has 0 aliphatic heterocycles. The molecule has 0 saturated carbocycles. The minimum Gasteiger partial charge on any atom is -0.463 e. The number of aliphatic hydroxyl groups excluding tert-OH is 2. The first-order chi connectivity index (χ1) is 50.2. The molecule has 0 aliphatic carbocycles. The average molecular weight is 1480 g/mol. The third kappa shape index (κ3) is 78.3. The zero-order valence-corrected chi connectivity index (χ0v) is 66.2. The largest absolute Gasteiger partial charge is 0.472 e. The van der Waals surface area contributed by atoms with Gasteiger partial charge in [-0.1, -0.05) is 301 Å². The highest BCUT2D eigenvalue weighted by molar-refractivity contribution is 7.47. The highest BCUT2D eigenvalue weighted by atomic mass is 31.2. The lowest BCUT2D eigenvalue weighted by molar-refractivity contribution is -0.161. The van der Waals surface area contributed by atoms with Gasteiger partial charge in [0.15, 0.2) is 6.10 Å². The summed E-state index contributed by atoms with van der Waals surface area (Å²) in [6.07, 6.45) is 94.5. The molecule has 0 aromatic heterocycles. The SMILES string of the molecule is CC/C=C\C/C=C\C/C=C\C/C=C\C/C=C\CCCCCCCCCC(=O)OCC(COP(=O)(O)OCC(O)COP(=O)(O)OCC(O)COC(=O)CCCCCCCCCCCCC/C=C\C/C=C\C/C=C\C/C=C\CCCCC)OC(=O)CCCCCCCCC/C=C\C/C=C\C/C=C\CC. The van der Waals surface area contributed by atoms with E-state index in [4.69, 9.17) is 32.3 Å². The summed E-state index contributed by atoms with van der Waals surface area (Å²) >= 11 is 0. The fraction of sp³-hybridized carbons (Fsp3) is 0.682. The van der Waals surface area contributed by atoms with E-state index >= 15 is 0 Å². The predicted molar refractivity (Wildman–Crippen MR) is 426 cm³/mol. The second-order valence-corrected chi connectivity index (χ2v) is 29.4. The molecule has 103 heavy (non-hydrogen) atoms. The Balaban J connectivity index is 4.62. The Hall–Kier alpha value is -4.57. The number of allylic oxidation sites excluding steroid dienone is 24. The van der Waals surface area contributed by atoms with Gasteiger partial charge in [-0.15, -0.1) is 0 Å². The van der Waals surface area contributed by atoms with Gasteiger partial charge in [-0.05, 0) is 141 Å². The second kappa shape index (κ2) is 77.1. The van der Waals surface area contributed by atoms with Crippen molar-refractivity contribution in [2.75, 3.05) is 39.6 Å². The molecule has 18 heteroatoms. The van der Waals surface area contributed by atoms with Crippen LogP contribution in [0, 0.1) is 0 Å². The molecule has 590 valence electrons. The van der Waals surface area contributed by atoms with Crippen LogP contribution in [0.2, 0.25) is 0 Å². The first kappa shape index (κ1) is 98.4. The van der Waals surface area contributed by atoms with E-state index in [0.717, 1.165) is 186 Å². The Morgan fingerprint density at radius 2 is 0.515 bits per heavy atom. The Kier molecular flexibility index (Phi) is 73.6. The third-order valence-electron chi connectivity index (χ3n) is 16.5. The van der Waals surface area contributed by atoms with Crippen molar-refractivity contribution < 1.29 is 75.8 Å². The Morgan fingerprint density at radius 1 is 0.282 bits per heavy atom. The van der Waals surface area contributed by atoms with E-state index in [9.17, 15) is 43.5 Å². The number of phosphoric acid groups is 2. The van der Waals surface area contributed by atoms with Crippen molar-refractivity contribution in [3.63, 3.8) is 0 Å². The molecule has 16 nitrogen and oxygen atoms in total. The normalized spacial score (nSPS) is 14.7. The Bertz CT molecular complexity index is 2450. The monoisotopic (exact) mass is 1480 g/mol. The average Bonchev–Trinajstić information content (AvgIpc) is 0.918. The van der Waals surface area contributed by atoms with Crippen molar-refractivity contribution >= 4 is 33.6 Å². The minimum atomic E-state index is -4.94. The smallest absolute Gasteiger partial charge is 0.463 e. The summed E-state index contributed by atoms with van der Waals surface area (Å²) in [5.41, 5.74) is 0. The molecule has 0 bridgehead atoms. The van der Waals surface area contributed by atoms with E-state index in [1.54, 1.807) is 0 Å². The van der Waals surface area contributed by atoms with Gasteiger partial charge in [0, 0.05) is 19.3 Å². The quantitative estimate of drug-likeness (QED) is 0.0146. The highest BCUT2D eigenvalue weighted by Gasteiger charge is 2.29. The maximum absolute atomic E-state index is 13.0. The topological polar surface area (TPSA) is 231 Å². The van der Waals surface area contributed by atoms with Crippen molar-refractivity contribution in [2.24, 2.45) is 0 Å². The number of phosphoric ester groups is 2. The van der Waals surface area contributed by atoms with Crippen LogP contribution in [0.3, 0.4) is 0 Å². The Labute approximate surface area is 626 Å². The second-order valence-electron chi connectivity index (χ2n) is 26.5. The van der Waals surface area contributed by atoms with E-state index in [1.807, 2.05) is 0 Å². The molecule has 0 rings (SSSR count). The zero-order valence-electron chi connectivity index (χ0n) is 64.4. The van der Waals surface area contributed by atoms with Crippen LogP contribution in [0.4, 0.5) is 0 Å². The molecule has 0 aromatic rings. The van der Waals surface area contributed by atoms with Crippen LogP contribution in [-0.4, -0.2) is 95.9 Å². The van der Waals surface area contributed by atoms with Gasteiger partial charge in [0.25, 0.3) is 0 Å². The van der Waals surface area contributed by atoms with Crippen molar-refractivity contribution in [2.45, 2.75) is 334 Å². The minimum absolute atomic E-state index is 0.0865. The number of unbranched alkanes of at least 4 members (excludes halogenated alkanes) is 28. The lowest BCUT2D eigenvalue weighted by Crippen LogP contribution is -2.30. The number of hydrogen-bond acceptors (Lipinski definition) is 14. The number of aliphatic hydroxyl groups is 2. The lowest BCUT2D eigenvalue weighted by atomic mass is 10.0. The number of ether oxygens (including phenoxy) is 3. The van der Waals surface area contributed by atoms with Crippen LogP contribution in [0.15, 0.2) is 146 Å². The first-order valence-corrected chi connectivity index (χ1v) is 43.1. The third-order valence-corrected chi connectivity index (χ3v) is 18.4. The summed E-state index contributed by atoms with van der Waals surface area (Å²) in [5.74, 6) is -1.60. The van der Waals surface area contributed by atoms with E-state index in [1.165, 1.54) is 70.6 Å². The molecule has 4 N–H and O–H groups in total. The molecule has 0 radical (unpaired) electrons. The zero-order chi connectivity index (χ0) is 75.2. The lowest BCUT2D eigenvalue weighted by Gasteiger charge is -2.21. The van der Waals surface area contributed by atoms with E-state index in [0.29, 0.717) is 19.3 Å². The summed E-state index contributed by atoms with van der Waals surface area (Å²) in [4.78, 5) is 58.7. The highest BCUT2D eigenvalue weighted by Crippen LogP contribution is 2.45. The van der Waals surface area contributed by atoms with Gasteiger partial charge in [0.1, 0.15) is 25.4 Å². The number of carbonyl (C=O) groups is 3. The van der Waals surface area contributed by atoms with E-state index in [2.05, 4.69) is 167 Å². The molecule has 0 fully saturated rings. The standard InChI is InChI=1S/C85H144O16P2/c1-4-7-10-13-16-19-22-25-28-31-33-35-37-38-39-40-42-44-45-48-50-53-56-59-62-65-68-71-83(88)95-74-80(86)75-97-102(91,92)98-76-81(87)77-99-103(93,94)100-79-82(101-85(90)73-70-67-64-61-58-55-52-47-30-27-24-21-18-15-12-9-6-3)78-96-84(89)72-69-66-63-60-57-54-51-49-46-43-41-36-34-32-29-26-23-20-17-14-11-8-5-2/h8-9,11-12,16-21,25-30,33-36,38-39,43,46,80-82,86-87H,4-7,10,13-15,22-24,31-32,37,40-42,44-45,47-79H2,1-3H3,(H,91,92)(H,93,94)/b11-8-,12-9-,19-16-,20-17-,21-18-,28-25-,29-26-,30-27-,35-33-,36-34-,39-38-,46-43-. The number of hydrogen-bond donors (Lipinski definition) is 4. The van der Waals surface area contributed by atoms with Gasteiger partial charge in [0.05, 0.1) is 26.4 Å². The summed E-state index contributed by atoms with van der Waals surface area (Å²) in [6, 6.07) is 0. The van der Waals surface area contributed by atoms with Crippen LogP contribution in [0.5, 0.6) is 0 Å². The van der Waals surface area contributed by atoms with Gasteiger partial charge in [-0.25, -0.2) is 9.13 Å². The predicted octanol–water partition coefficient (Wildman–Crippen LogP) is 23.7. The van der Waals surface area contributed by atoms with Gasteiger partial charge in [-0.3, -0.25) is 32.5 Å².